The molecule has 13 heteroatoms. The van der Waals surface area contributed by atoms with Gasteiger partial charge in [-0.2, -0.15) is 14.4 Å². The van der Waals surface area contributed by atoms with Crippen molar-refractivity contribution in [2.24, 2.45) is 0 Å². The third-order valence-corrected chi connectivity index (χ3v) is 4.29. The molecule has 0 aliphatic carbocycles. The van der Waals surface area contributed by atoms with Crippen molar-refractivity contribution in [3.05, 3.63) is 12.4 Å². The summed E-state index contributed by atoms with van der Waals surface area (Å²) in [4.78, 5) is 28.7. The molecular weight excluding hydrogens is 336 g/mol. The van der Waals surface area contributed by atoms with Crippen molar-refractivity contribution in [3.63, 3.8) is 0 Å². The van der Waals surface area contributed by atoms with Crippen molar-refractivity contribution >= 4 is 24.6 Å². The molecule has 0 amide bonds. The molecule has 1 aliphatic heterocycles. The molecule has 126 valence electrons. The second kappa shape index (κ2) is 5.44. The lowest BCUT2D eigenvalue weighted by Crippen LogP contribution is -2.33. The summed E-state index contributed by atoms with van der Waals surface area (Å²) in [5, 5.41) is 19.9. The van der Waals surface area contributed by atoms with E-state index in [0.29, 0.717) is 0 Å². The van der Waals surface area contributed by atoms with Gasteiger partial charge in [0, 0.05) is 0 Å². The lowest BCUT2D eigenvalue weighted by atomic mass is 10.1. The van der Waals surface area contributed by atoms with E-state index < -0.39 is 44.4 Å². The maximum atomic E-state index is 13.3. The van der Waals surface area contributed by atoms with Crippen LogP contribution in [0.15, 0.2) is 6.33 Å². The van der Waals surface area contributed by atoms with E-state index in [2.05, 4.69) is 15.0 Å². The molecule has 0 bridgehead atoms. The largest absolute Gasteiger partial charge is 0.387 e. The van der Waals surface area contributed by atoms with Gasteiger partial charge in [0.1, 0.15) is 18.3 Å². The van der Waals surface area contributed by atoms with Crippen LogP contribution in [-0.2, 0) is 9.30 Å². The van der Waals surface area contributed by atoms with Crippen LogP contribution in [0.1, 0.15) is 6.23 Å². The highest BCUT2D eigenvalue weighted by atomic mass is 31.2. The number of halogens is 1. The van der Waals surface area contributed by atoms with E-state index in [4.69, 9.17) is 20.3 Å². The van der Waals surface area contributed by atoms with Gasteiger partial charge in [0.05, 0.1) is 12.5 Å². The van der Waals surface area contributed by atoms with Crippen LogP contribution in [0.5, 0.6) is 0 Å². The third-order valence-electron chi connectivity index (χ3n) is 3.45. The molecule has 0 aromatic carbocycles. The Morgan fingerprint density at radius 1 is 1.35 bits per heavy atom. The van der Waals surface area contributed by atoms with Crippen molar-refractivity contribution in [1.29, 1.82) is 0 Å². The van der Waals surface area contributed by atoms with Crippen LogP contribution in [-0.4, -0.2) is 64.0 Å². The Hall–Kier alpha value is -1.69. The van der Waals surface area contributed by atoms with Gasteiger partial charge in [0.25, 0.3) is 0 Å². The average Bonchev–Trinajstić information content (AvgIpc) is 2.94. The second-order valence-corrected chi connectivity index (χ2v) is 6.79. The van der Waals surface area contributed by atoms with Crippen LogP contribution in [0, 0.1) is 6.08 Å². The Morgan fingerprint density at radius 2 is 2.04 bits per heavy atom. The highest BCUT2D eigenvalue weighted by Crippen LogP contribution is 2.41. The van der Waals surface area contributed by atoms with Crippen molar-refractivity contribution < 1.29 is 33.7 Å². The van der Waals surface area contributed by atoms with Crippen LogP contribution < -0.4 is 5.73 Å². The average molecular weight is 349 g/mol. The minimum Gasteiger partial charge on any atom is -0.387 e. The molecular formula is C10H13FN5O6P. The highest BCUT2D eigenvalue weighted by Gasteiger charge is 2.46. The number of nitrogens with two attached hydrogens (primary N) is 1. The number of hydrogen-bond acceptors (Lipinski definition) is 8. The van der Waals surface area contributed by atoms with Crippen molar-refractivity contribution in [2.75, 3.05) is 11.9 Å². The van der Waals surface area contributed by atoms with Crippen LogP contribution in [0.4, 0.5) is 10.2 Å². The quantitative estimate of drug-likeness (QED) is 0.318. The number of nitrogens with zero attached hydrogens (tertiary/aromatic N) is 4. The molecule has 3 rings (SSSR count). The molecule has 2 aromatic rings. The SMILES string of the molecule is Nc1nc(F)nc2c1ncn2C1OC(CP(=O)(O)O)C(O)C1O. The Labute approximate surface area is 127 Å². The highest BCUT2D eigenvalue weighted by molar-refractivity contribution is 7.51. The van der Waals surface area contributed by atoms with Gasteiger partial charge in [-0.3, -0.25) is 9.13 Å². The summed E-state index contributed by atoms with van der Waals surface area (Å²) in [6, 6.07) is 0. The van der Waals surface area contributed by atoms with E-state index in [1.807, 2.05) is 0 Å². The number of ether oxygens (including phenoxy) is 1. The standard InChI is InChI=1S/C10H13FN5O6P/c11-10-14-7(12)4-8(15-10)16(2-13-4)9-6(18)5(17)3(22-9)1-23(19,20)21/h2-3,5-6,9,17-18H,1H2,(H2,12,14,15)(H2,19,20,21). The van der Waals surface area contributed by atoms with Crippen LogP contribution >= 0.6 is 7.60 Å². The number of imidazole rings is 1. The number of anilines is 1. The molecule has 23 heavy (non-hydrogen) atoms. The smallest absolute Gasteiger partial charge is 0.328 e. The van der Waals surface area contributed by atoms with E-state index in [1.54, 1.807) is 0 Å². The summed E-state index contributed by atoms with van der Waals surface area (Å²) in [6.45, 7) is 0. The van der Waals surface area contributed by atoms with Gasteiger partial charge in [0.15, 0.2) is 23.2 Å². The molecule has 2 aromatic heterocycles. The number of rotatable bonds is 3. The monoisotopic (exact) mass is 349 g/mol. The molecule has 4 atom stereocenters. The maximum Gasteiger partial charge on any atom is 0.328 e. The van der Waals surface area contributed by atoms with E-state index >= 15 is 0 Å². The number of aliphatic hydroxyl groups is 2. The minimum absolute atomic E-state index is 0.0649. The minimum atomic E-state index is -4.47. The normalized spacial score (nSPS) is 28.6. The molecule has 0 spiro atoms. The zero-order valence-electron chi connectivity index (χ0n) is 11.4. The van der Waals surface area contributed by atoms with Gasteiger partial charge >= 0.3 is 13.7 Å². The van der Waals surface area contributed by atoms with Gasteiger partial charge < -0.3 is 30.5 Å². The predicted octanol–water partition coefficient (Wildman–Crippen LogP) is -1.66. The zero-order valence-corrected chi connectivity index (χ0v) is 12.3. The molecule has 4 unspecified atom stereocenters. The van der Waals surface area contributed by atoms with E-state index in [9.17, 15) is 19.2 Å². The van der Waals surface area contributed by atoms with Gasteiger partial charge in [-0.1, -0.05) is 0 Å². The van der Waals surface area contributed by atoms with Crippen LogP contribution in [0.2, 0.25) is 0 Å². The lowest BCUT2D eigenvalue weighted by Gasteiger charge is -2.16. The fourth-order valence-corrected chi connectivity index (χ4v) is 3.21. The first-order chi connectivity index (χ1) is 10.7. The summed E-state index contributed by atoms with van der Waals surface area (Å²) in [5.74, 6) is -0.217. The van der Waals surface area contributed by atoms with E-state index in [1.165, 1.54) is 0 Å². The topological polar surface area (TPSA) is 177 Å². The van der Waals surface area contributed by atoms with E-state index in [0.717, 1.165) is 10.9 Å². The van der Waals surface area contributed by atoms with Crippen LogP contribution in [0.3, 0.4) is 0 Å². The Bertz CT molecular complexity index is 795. The van der Waals surface area contributed by atoms with Gasteiger partial charge in [-0.25, -0.2) is 4.98 Å². The van der Waals surface area contributed by atoms with Crippen molar-refractivity contribution in [1.82, 2.24) is 19.5 Å². The Balaban J connectivity index is 1.98. The number of aromatic nitrogens is 4. The first-order valence-electron chi connectivity index (χ1n) is 6.39. The fraction of sp³-hybridized carbons (Fsp3) is 0.500. The molecule has 1 fully saturated rings. The summed E-state index contributed by atoms with van der Waals surface area (Å²) >= 11 is 0. The number of aliphatic hydroxyl groups excluding tert-OH is 2. The van der Waals surface area contributed by atoms with Gasteiger partial charge in [-0.15, -0.1) is 0 Å². The Kier molecular flexibility index (Phi) is 3.83. The number of nitrogen functional groups attached to an aromatic ring is 1. The van der Waals surface area contributed by atoms with Crippen LogP contribution in [0.25, 0.3) is 11.2 Å². The summed E-state index contributed by atoms with van der Waals surface area (Å²) in [5.41, 5.74) is 5.50. The summed E-state index contributed by atoms with van der Waals surface area (Å²) < 4.78 is 30.8. The molecule has 1 aliphatic rings. The second-order valence-electron chi connectivity index (χ2n) is 5.10. The number of fused-ring (bicyclic) bond motifs is 1. The van der Waals surface area contributed by atoms with Crippen molar-refractivity contribution in [3.8, 4) is 0 Å². The van der Waals surface area contributed by atoms with Gasteiger partial charge in [0.2, 0.25) is 0 Å². The van der Waals surface area contributed by atoms with E-state index in [-0.39, 0.29) is 17.0 Å². The lowest BCUT2D eigenvalue weighted by molar-refractivity contribution is -0.0300. The van der Waals surface area contributed by atoms with Gasteiger partial charge in [-0.05, 0) is 0 Å². The Morgan fingerprint density at radius 3 is 2.70 bits per heavy atom. The molecule has 6 N–H and O–H groups in total. The first-order valence-corrected chi connectivity index (χ1v) is 8.19. The molecule has 0 saturated carbocycles. The zero-order chi connectivity index (χ0) is 16.9. The maximum absolute atomic E-state index is 13.3. The molecule has 11 nitrogen and oxygen atoms in total. The third kappa shape index (κ3) is 2.92. The number of hydrogen-bond donors (Lipinski definition) is 5. The molecule has 3 heterocycles. The first kappa shape index (κ1) is 16.2. The summed E-state index contributed by atoms with van der Waals surface area (Å²) in [6.07, 6.45) is -6.39. The summed E-state index contributed by atoms with van der Waals surface area (Å²) in [7, 11) is -4.47. The van der Waals surface area contributed by atoms with Crippen molar-refractivity contribution in [2.45, 2.75) is 24.5 Å². The fourth-order valence-electron chi connectivity index (χ4n) is 2.44. The molecule has 1 saturated heterocycles. The molecule has 0 radical (unpaired) electrons. The predicted molar refractivity (Wildman–Crippen MR) is 72.5 cm³/mol.